The fourth-order valence-corrected chi connectivity index (χ4v) is 5.32. The van der Waals surface area contributed by atoms with Crippen LogP contribution in [0.1, 0.15) is 45.6 Å². The second-order valence-corrected chi connectivity index (χ2v) is 10.6. The molecule has 210 valence electrons. The molecular weight excluding hydrogens is 528 g/mol. The average molecular weight is 563 g/mol. The number of anilines is 2. The number of benzene rings is 2. The number of H-pyrrole nitrogens is 1. The van der Waals surface area contributed by atoms with Gasteiger partial charge in [-0.05, 0) is 86.7 Å². The summed E-state index contributed by atoms with van der Waals surface area (Å²) in [6.45, 7) is 10.6. The molecule has 8 nitrogen and oxygen atoms in total. The summed E-state index contributed by atoms with van der Waals surface area (Å²) in [5, 5.41) is 6.24. The Bertz CT molecular complexity index is 1510. The monoisotopic (exact) mass is 562 g/mol. The number of ether oxygens (including phenoxy) is 1. The number of nitrogens with zero attached hydrogens (tertiary/aromatic N) is 1. The van der Waals surface area contributed by atoms with Crippen LogP contribution < -0.4 is 21.1 Å². The molecule has 0 aliphatic carbocycles. The highest BCUT2D eigenvalue weighted by Crippen LogP contribution is 2.37. The van der Waals surface area contributed by atoms with Crippen LogP contribution in [0.3, 0.4) is 0 Å². The molecule has 1 saturated heterocycles. The molecule has 0 unspecified atom stereocenters. The molecule has 0 atom stereocenters. The zero-order valence-corrected chi connectivity index (χ0v) is 24.1. The lowest BCUT2D eigenvalue weighted by atomic mass is 9.94. The van der Waals surface area contributed by atoms with Crippen molar-refractivity contribution in [2.75, 3.05) is 30.5 Å². The maximum Gasteiger partial charge on any atom is 0.253 e. The first kappa shape index (κ1) is 29.1. The van der Waals surface area contributed by atoms with Crippen LogP contribution >= 0.6 is 11.6 Å². The van der Waals surface area contributed by atoms with E-state index in [9.17, 15) is 14.4 Å². The van der Waals surface area contributed by atoms with E-state index in [0.29, 0.717) is 40.6 Å². The molecule has 4 rings (SSSR count). The number of hydrogen-bond donors (Lipinski definition) is 3. The number of nitrogens with one attached hydrogen (secondary N) is 3. The van der Waals surface area contributed by atoms with Crippen LogP contribution in [0.15, 0.2) is 53.8 Å². The standard InChI is InChI=1S/C31H35ClN4O4/c1-6-29(37)35-27-16-22(32)7-8-24(27)21-14-25(20(4)28(15-21)36(5)23-9-11-40-12-10-23)30(38)33-17-26-18(2)13-19(3)34-31(26)39/h6-8,13-16,23H,1,9-12,17H2,2-5H3,(H,33,38)(H,34,39)(H,35,37). The molecule has 0 saturated carbocycles. The van der Waals surface area contributed by atoms with Crippen LogP contribution in [-0.2, 0) is 16.1 Å². The summed E-state index contributed by atoms with van der Waals surface area (Å²) in [4.78, 5) is 43.4. The van der Waals surface area contributed by atoms with Gasteiger partial charge in [0.05, 0.1) is 5.69 Å². The largest absolute Gasteiger partial charge is 0.381 e. The molecule has 2 amide bonds. The van der Waals surface area contributed by atoms with Gasteiger partial charge in [-0.1, -0.05) is 24.2 Å². The lowest BCUT2D eigenvalue weighted by Crippen LogP contribution is -2.37. The van der Waals surface area contributed by atoms with E-state index in [0.717, 1.165) is 40.9 Å². The van der Waals surface area contributed by atoms with Crippen molar-refractivity contribution in [1.82, 2.24) is 10.3 Å². The molecule has 1 aliphatic rings. The number of halogens is 1. The zero-order valence-electron chi connectivity index (χ0n) is 23.3. The Morgan fingerprint density at radius 1 is 1.15 bits per heavy atom. The number of pyridine rings is 1. The van der Waals surface area contributed by atoms with Crippen molar-refractivity contribution in [2.24, 2.45) is 0 Å². The molecule has 0 radical (unpaired) electrons. The van der Waals surface area contributed by atoms with Gasteiger partial charge in [-0.2, -0.15) is 0 Å². The fourth-order valence-electron chi connectivity index (χ4n) is 5.15. The minimum Gasteiger partial charge on any atom is -0.381 e. The highest BCUT2D eigenvalue weighted by Gasteiger charge is 2.24. The van der Waals surface area contributed by atoms with Crippen LogP contribution in [0, 0.1) is 20.8 Å². The predicted molar refractivity (Wildman–Crippen MR) is 160 cm³/mol. The molecule has 1 fully saturated rings. The summed E-state index contributed by atoms with van der Waals surface area (Å²) in [7, 11) is 2.03. The van der Waals surface area contributed by atoms with Gasteiger partial charge in [0.25, 0.3) is 11.5 Å². The van der Waals surface area contributed by atoms with Crippen molar-refractivity contribution in [3.8, 4) is 11.1 Å². The van der Waals surface area contributed by atoms with Crippen LogP contribution in [0.25, 0.3) is 11.1 Å². The Labute approximate surface area is 239 Å². The number of amides is 2. The minimum absolute atomic E-state index is 0.0939. The molecule has 0 bridgehead atoms. The van der Waals surface area contributed by atoms with Crippen molar-refractivity contribution in [3.63, 3.8) is 0 Å². The summed E-state index contributed by atoms with van der Waals surface area (Å²) < 4.78 is 5.57. The van der Waals surface area contributed by atoms with Gasteiger partial charge in [-0.25, -0.2) is 0 Å². The highest BCUT2D eigenvalue weighted by molar-refractivity contribution is 6.31. The molecule has 2 heterocycles. The average Bonchev–Trinajstić information content (AvgIpc) is 2.92. The van der Waals surface area contributed by atoms with Gasteiger partial charge >= 0.3 is 0 Å². The SMILES string of the molecule is C=CC(=O)Nc1cc(Cl)ccc1-c1cc(C(=O)NCc2c(C)cc(C)[nH]c2=O)c(C)c(N(C)C2CCOCC2)c1. The molecule has 1 aliphatic heterocycles. The maximum absolute atomic E-state index is 13.7. The van der Waals surface area contributed by atoms with Gasteiger partial charge in [-0.3, -0.25) is 14.4 Å². The smallest absolute Gasteiger partial charge is 0.253 e. The molecule has 9 heteroatoms. The third-order valence-electron chi connectivity index (χ3n) is 7.40. The number of aromatic nitrogens is 1. The summed E-state index contributed by atoms with van der Waals surface area (Å²) in [6.07, 6.45) is 2.94. The van der Waals surface area contributed by atoms with Gasteiger partial charge in [0, 0.05) is 65.9 Å². The van der Waals surface area contributed by atoms with E-state index < -0.39 is 0 Å². The fraction of sp³-hybridized carbons (Fsp3) is 0.323. The summed E-state index contributed by atoms with van der Waals surface area (Å²) >= 11 is 6.27. The first-order valence-electron chi connectivity index (χ1n) is 13.2. The molecular formula is C31H35ClN4O4. The molecule has 3 N–H and O–H groups in total. The van der Waals surface area contributed by atoms with Crippen LogP contribution in [0.2, 0.25) is 5.02 Å². The van der Waals surface area contributed by atoms with Crippen LogP contribution in [0.5, 0.6) is 0 Å². The first-order chi connectivity index (χ1) is 19.1. The molecule has 1 aromatic heterocycles. The van der Waals surface area contributed by atoms with Crippen LogP contribution in [-0.4, -0.2) is 43.1 Å². The molecule has 2 aromatic carbocycles. The lowest BCUT2D eigenvalue weighted by molar-refractivity contribution is -0.111. The Morgan fingerprint density at radius 2 is 1.88 bits per heavy atom. The van der Waals surface area contributed by atoms with E-state index in [1.54, 1.807) is 12.1 Å². The zero-order chi connectivity index (χ0) is 29.0. The van der Waals surface area contributed by atoms with Crippen molar-refractivity contribution in [1.29, 1.82) is 0 Å². The van der Waals surface area contributed by atoms with E-state index in [2.05, 4.69) is 27.1 Å². The predicted octanol–water partition coefficient (Wildman–Crippen LogP) is 5.29. The van der Waals surface area contributed by atoms with E-state index in [-0.39, 0.29) is 30.0 Å². The third-order valence-corrected chi connectivity index (χ3v) is 7.63. The Kier molecular flexibility index (Phi) is 9.12. The van der Waals surface area contributed by atoms with Crippen molar-refractivity contribution in [3.05, 3.63) is 92.4 Å². The summed E-state index contributed by atoms with van der Waals surface area (Å²) in [5.41, 5.74) is 6.03. The molecule has 3 aromatic rings. The Hall–Kier alpha value is -3.88. The number of carbonyl (C=O) groups excluding carboxylic acids is 2. The summed E-state index contributed by atoms with van der Waals surface area (Å²) in [5.74, 6) is -0.669. The number of aryl methyl sites for hydroxylation is 2. The first-order valence-corrected chi connectivity index (χ1v) is 13.6. The van der Waals surface area contributed by atoms with E-state index in [1.165, 1.54) is 6.08 Å². The van der Waals surface area contributed by atoms with Gasteiger partial charge in [-0.15, -0.1) is 0 Å². The van der Waals surface area contributed by atoms with E-state index in [1.807, 2.05) is 52.1 Å². The Balaban J connectivity index is 1.79. The molecule has 0 spiro atoms. The molecule has 40 heavy (non-hydrogen) atoms. The van der Waals surface area contributed by atoms with Crippen molar-refractivity contribution in [2.45, 2.75) is 46.2 Å². The number of rotatable bonds is 8. The highest BCUT2D eigenvalue weighted by atomic mass is 35.5. The maximum atomic E-state index is 13.7. The van der Waals surface area contributed by atoms with E-state index >= 15 is 0 Å². The van der Waals surface area contributed by atoms with Gasteiger partial charge < -0.3 is 25.3 Å². The van der Waals surface area contributed by atoms with Crippen molar-refractivity contribution >= 4 is 34.8 Å². The lowest BCUT2D eigenvalue weighted by Gasteiger charge is -2.34. The number of carbonyl (C=O) groups is 2. The second kappa shape index (κ2) is 12.5. The van der Waals surface area contributed by atoms with Gasteiger partial charge in [0.15, 0.2) is 0 Å². The van der Waals surface area contributed by atoms with E-state index in [4.69, 9.17) is 16.3 Å². The quantitative estimate of drug-likeness (QED) is 0.324. The van der Waals surface area contributed by atoms with Crippen molar-refractivity contribution < 1.29 is 14.3 Å². The number of hydrogen-bond acceptors (Lipinski definition) is 5. The number of aromatic amines is 1. The summed E-state index contributed by atoms with van der Waals surface area (Å²) in [6, 6.07) is 11.2. The topological polar surface area (TPSA) is 104 Å². The minimum atomic E-state index is -0.369. The normalized spacial score (nSPS) is 13.5. The van der Waals surface area contributed by atoms with Gasteiger partial charge in [0.2, 0.25) is 5.91 Å². The second-order valence-electron chi connectivity index (χ2n) is 10.1. The third kappa shape index (κ3) is 6.46. The van der Waals surface area contributed by atoms with Gasteiger partial charge in [0.1, 0.15) is 0 Å². The van der Waals surface area contributed by atoms with Crippen LogP contribution in [0.4, 0.5) is 11.4 Å². The Morgan fingerprint density at radius 3 is 2.55 bits per heavy atom.